The minimum absolute atomic E-state index is 0.0283. The normalized spacial score (nSPS) is 9.90. The van der Waals surface area contributed by atoms with Gasteiger partial charge in [0.1, 0.15) is 22.3 Å². The molecule has 0 spiro atoms. The number of ether oxygens (including phenoxy) is 3. The number of nitrogens with zero attached hydrogens (tertiary/aromatic N) is 6. The first-order valence-electron chi connectivity index (χ1n) is 16.7. The van der Waals surface area contributed by atoms with Gasteiger partial charge in [-0.2, -0.15) is 15.0 Å². The van der Waals surface area contributed by atoms with Crippen LogP contribution in [0.15, 0.2) is 134 Å². The number of aryl methyl sites for hydroxylation is 1. The van der Waals surface area contributed by atoms with Crippen molar-refractivity contribution >= 4 is 97.1 Å². The molecule has 0 atom stereocenters. The summed E-state index contributed by atoms with van der Waals surface area (Å²) in [4.78, 5) is 56.9. The molecular weight excluding hydrogens is 924 g/mol. The maximum Gasteiger partial charge on any atom is 0.247 e. The molecule has 0 saturated carbocycles. The largest absolute Gasteiger partial charge is 0.439 e. The van der Waals surface area contributed by atoms with Crippen LogP contribution in [0.2, 0.25) is 20.9 Å². The summed E-state index contributed by atoms with van der Waals surface area (Å²) in [5.41, 5.74) is 2.51. The Balaban J connectivity index is 0.000000198. The van der Waals surface area contributed by atoms with Crippen molar-refractivity contribution in [2.24, 2.45) is 0 Å². The molecule has 306 valence electrons. The van der Waals surface area contributed by atoms with Crippen LogP contribution in [0.3, 0.4) is 0 Å². The summed E-state index contributed by atoms with van der Waals surface area (Å²) < 4.78 is 17.3. The molecule has 3 aromatic heterocycles. The van der Waals surface area contributed by atoms with E-state index in [9.17, 15) is 14.4 Å². The number of hydrogen-bond donors (Lipinski definition) is 3. The van der Waals surface area contributed by atoms with Crippen LogP contribution in [-0.2, 0) is 14.4 Å². The van der Waals surface area contributed by atoms with Crippen molar-refractivity contribution < 1.29 is 28.6 Å². The van der Waals surface area contributed by atoms with Gasteiger partial charge in [-0.05, 0) is 112 Å². The van der Waals surface area contributed by atoms with Gasteiger partial charge in [0.25, 0.3) is 0 Å². The van der Waals surface area contributed by atoms with Crippen molar-refractivity contribution in [3.8, 4) is 34.9 Å². The molecular formula is C40H30BrCl4N9O6. The lowest BCUT2D eigenvalue weighted by atomic mass is 10.3. The summed E-state index contributed by atoms with van der Waals surface area (Å²) in [5.74, 6) is 1.38. The second kappa shape index (κ2) is 23.2. The van der Waals surface area contributed by atoms with Crippen LogP contribution in [0.5, 0.6) is 34.9 Å². The lowest BCUT2D eigenvalue weighted by Gasteiger charge is -2.09. The molecule has 0 aliphatic carbocycles. The molecule has 0 aliphatic rings. The summed E-state index contributed by atoms with van der Waals surface area (Å²) in [6.45, 7) is 12.0. The number of aromatic nitrogens is 6. The van der Waals surface area contributed by atoms with Gasteiger partial charge in [0, 0.05) is 53.2 Å². The summed E-state index contributed by atoms with van der Waals surface area (Å²) in [6.07, 6.45) is 7.97. The lowest BCUT2D eigenvalue weighted by molar-refractivity contribution is -0.112. The highest BCUT2D eigenvalue weighted by atomic mass is 79.9. The number of halogens is 5. The summed E-state index contributed by atoms with van der Waals surface area (Å²) >= 11 is 26.3. The number of benzene rings is 3. The van der Waals surface area contributed by atoms with Crippen molar-refractivity contribution in [2.75, 3.05) is 16.0 Å². The average molecular weight is 954 g/mol. The summed E-state index contributed by atoms with van der Waals surface area (Å²) in [7, 11) is 0. The van der Waals surface area contributed by atoms with E-state index in [0.29, 0.717) is 44.7 Å². The van der Waals surface area contributed by atoms with E-state index >= 15 is 0 Å². The molecule has 0 unspecified atom stereocenters. The van der Waals surface area contributed by atoms with Crippen LogP contribution in [0.4, 0.5) is 17.1 Å². The van der Waals surface area contributed by atoms with Gasteiger partial charge in [-0.25, -0.2) is 15.0 Å². The van der Waals surface area contributed by atoms with Gasteiger partial charge in [0.05, 0.1) is 10.7 Å². The van der Waals surface area contributed by atoms with E-state index in [-0.39, 0.29) is 50.4 Å². The van der Waals surface area contributed by atoms with E-state index in [1.54, 1.807) is 79.0 Å². The fourth-order valence-electron chi connectivity index (χ4n) is 4.14. The zero-order chi connectivity index (χ0) is 43.6. The van der Waals surface area contributed by atoms with Gasteiger partial charge in [-0.15, -0.1) is 0 Å². The molecule has 6 rings (SSSR count). The lowest BCUT2D eigenvalue weighted by Crippen LogP contribution is -2.07. The number of carbonyl (C=O) groups excluding carboxylic acids is 3. The molecule has 3 heterocycles. The number of carbonyl (C=O) groups is 3. The molecule has 3 N–H and O–H groups in total. The fourth-order valence-corrected chi connectivity index (χ4v) is 4.92. The first kappa shape index (κ1) is 46.3. The smallest absolute Gasteiger partial charge is 0.247 e. The van der Waals surface area contributed by atoms with Crippen LogP contribution in [0.25, 0.3) is 0 Å². The van der Waals surface area contributed by atoms with Crippen LogP contribution < -0.4 is 30.2 Å². The highest BCUT2D eigenvalue weighted by Crippen LogP contribution is 2.31. The van der Waals surface area contributed by atoms with Gasteiger partial charge < -0.3 is 30.2 Å². The first-order valence-corrected chi connectivity index (χ1v) is 19.0. The first-order chi connectivity index (χ1) is 28.7. The minimum atomic E-state index is -0.315. The van der Waals surface area contributed by atoms with Gasteiger partial charge in [0.15, 0.2) is 0 Å². The number of amides is 3. The standard InChI is InChI=1S/C14H12ClN3O2.C13H9BrClN3O2.C13H9Cl2N3O2/c1-3-12(19)17-10-5-4-6-11(7-10)20-13-9(2)8-16-14(15)18-13;2*1-2-11(19)17-8-4-3-5-9(6-8)20-12-10(14)7-16-13(15)18-12/h3-8H,1H2,2H3,(H,17,19);2*2-7H,1H2,(H,17,19). The van der Waals surface area contributed by atoms with Crippen molar-refractivity contribution in [3.63, 3.8) is 0 Å². The number of hydrogen-bond acceptors (Lipinski definition) is 12. The number of anilines is 3. The van der Waals surface area contributed by atoms with E-state index in [2.05, 4.69) is 81.5 Å². The van der Waals surface area contributed by atoms with Crippen LogP contribution >= 0.6 is 62.3 Å². The van der Waals surface area contributed by atoms with Crippen LogP contribution in [-0.4, -0.2) is 47.6 Å². The van der Waals surface area contributed by atoms with Crippen molar-refractivity contribution in [2.45, 2.75) is 6.92 Å². The Morgan fingerprint density at radius 2 is 0.933 bits per heavy atom. The van der Waals surface area contributed by atoms with Crippen molar-refractivity contribution in [1.82, 2.24) is 29.9 Å². The molecule has 60 heavy (non-hydrogen) atoms. The molecule has 0 bridgehead atoms. The third-order valence-electron chi connectivity index (χ3n) is 6.77. The summed E-state index contributed by atoms with van der Waals surface area (Å²) in [6, 6.07) is 20.5. The Labute approximate surface area is 371 Å². The molecule has 3 aromatic carbocycles. The molecule has 0 aliphatic heterocycles. The molecule has 6 aromatic rings. The monoisotopic (exact) mass is 951 g/mol. The van der Waals surface area contributed by atoms with Gasteiger partial charge >= 0.3 is 0 Å². The third-order valence-corrected chi connectivity index (χ3v) is 8.11. The zero-order valence-electron chi connectivity index (χ0n) is 31.0. The maximum atomic E-state index is 11.2. The zero-order valence-corrected chi connectivity index (χ0v) is 35.6. The van der Waals surface area contributed by atoms with E-state index < -0.39 is 0 Å². The topological polar surface area (TPSA) is 192 Å². The van der Waals surface area contributed by atoms with Crippen molar-refractivity contribution in [3.05, 3.63) is 160 Å². The molecule has 0 fully saturated rings. The number of nitrogens with one attached hydrogen (secondary N) is 3. The Morgan fingerprint density at radius 1 is 0.567 bits per heavy atom. The second-order valence-corrected chi connectivity index (χ2v) is 13.5. The predicted molar refractivity (Wildman–Crippen MR) is 235 cm³/mol. The van der Waals surface area contributed by atoms with Gasteiger partial charge in [-0.1, -0.05) is 49.5 Å². The van der Waals surface area contributed by atoms with E-state index in [0.717, 1.165) is 5.56 Å². The quantitative estimate of drug-likeness (QED) is 0.0778. The fraction of sp³-hybridized carbons (Fsp3) is 0.0250. The third kappa shape index (κ3) is 15.4. The molecule has 20 heteroatoms. The Bertz CT molecular complexity index is 2260. The van der Waals surface area contributed by atoms with E-state index in [1.165, 1.54) is 30.6 Å². The van der Waals surface area contributed by atoms with E-state index in [4.69, 9.17) is 60.6 Å². The van der Waals surface area contributed by atoms with Crippen LogP contribution in [0.1, 0.15) is 5.56 Å². The Kier molecular flexibility index (Phi) is 17.9. The molecule has 3 amide bonds. The van der Waals surface area contributed by atoms with Gasteiger partial charge in [-0.3, -0.25) is 14.4 Å². The maximum absolute atomic E-state index is 11.2. The number of rotatable bonds is 12. The molecule has 0 saturated heterocycles. The predicted octanol–water partition coefficient (Wildman–Crippen LogP) is 10.9. The SMILES string of the molecule is C=CC(=O)Nc1cccc(Oc2nc(Cl)ncc2Br)c1.C=CC(=O)Nc1cccc(Oc2nc(Cl)ncc2C)c1.C=CC(=O)Nc1cccc(Oc2nc(Cl)ncc2Cl)c1. The Hall–Kier alpha value is -6.43. The highest BCUT2D eigenvalue weighted by molar-refractivity contribution is 9.10. The van der Waals surface area contributed by atoms with E-state index in [1.807, 2.05) is 6.92 Å². The van der Waals surface area contributed by atoms with Gasteiger partial charge in [0.2, 0.25) is 51.2 Å². The Morgan fingerprint density at radius 3 is 1.38 bits per heavy atom. The highest BCUT2D eigenvalue weighted by Gasteiger charge is 2.10. The molecule has 15 nitrogen and oxygen atoms in total. The van der Waals surface area contributed by atoms with Crippen LogP contribution in [0, 0.1) is 6.92 Å². The summed E-state index contributed by atoms with van der Waals surface area (Å²) in [5, 5.41) is 8.35. The molecule has 0 radical (unpaired) electrons. The minimum Gasteiger partial charge on any atom is -0.439 e. The second-order valence-electron chi connectivity index (χ2n) is 11.2. The average Bonchev–Trinajstić information content (AvgIpc) is 3.23. The van der Waals surface area contributed by atoms with Crippen molar-refractivity contribution in [1.29, 1.82) is 0 Å².